The summed E-state index contributed by atoms with van der Waals surface area (Å²) < 4.78 is 1.91. The van der Waals surface area contributed by atoms with Gasteiger partial charge in [-0.05, 0) is 32.0 Å². The molecule has 0 unspecified atom stereocenters. The number of nitrogens with zero attached hydrogens (tertiary/aromatic N) is 4. The summed E-state index contributed by atoms with van der Waals surface area (Å²) in [6.45, 7) is 6.67. The Hall–Kier alpha value is -2.04. The highest BCUT2D eigenvalue weighted by Gasteiger charge is 2.09. The Morgan fingerprint density at radius 1 is 1.33 bits per heavy atom. The van der Waals surface area contributed by atoms with Gasteiger partial charge in [-0.1, -0.05) is 6.07 Å². The molecule has 0 amide bonds. The zero-order valence-corrected chi connectivity index (χ0v) is 10.9. The molecule has 96 valence electrons. The van der Waals surface area contributed by atoms with E-state index in [-0.39, 0.29) is 0 Å². The van der Waals surface area contributed by atoms with Crippen molar-refractivity contribution in [3.8, 4) is 0 Å². The summed E-state index contributed by atoms with van der Waals surface area (Å²) in [5, 5.41) is 4.19. The zero-order valence-electron chi connectivity index (χ0n) is 10.9. The molecular formula is C13H19N5. The molecule has 1 aromatic carbocycles. The first-order valence-electron chi connectivity index (χ1n) is 6.21. The minimum atomic E-state index is 0.744. The second kappa shape index (κ2) is 5.53. The van der Waals surface area contributed by atoms with Crippen molar-refractivity contribution in [1.29, 1.82) is 0 Å². The van der Waals surface area contributed by atoms with Crippen LogP contribution in [0, 0.1) is 0 Å². The zero-order chi connectivity index (χ0) is 13.0. The standard InChI is InChI=1S/C13H19N5/c1-3-17(12-7-5-6-11(14)8-12)9-13-15-10-16-18(13)4-2/h5-8,10H,3-4,9,14H2,1-2H3. The summed E-state index contributed by atoms with van der Waals surface area (Å²) in [5.41, 5.74) is 7.72. The van der Waals surface area contributed by atoms with Gasteiger partial charge in [0.2, 0.25) is 0 Å². The Balaban J connectivity index is 2.20. The summed E-state index contributed by atoms with van der Waals surface area (Å²) in [5.74, 6) is 0.974. The van der Waals surface area contributed by atoms with Crippen molar-refractivity contribution in [3.05, 3.63) is 36.4 Å². The maximum absolute atomic E-state index is 5.82. The van der Waals surface area contributed by atoms with E-state index in [2.05, 4.69) is 34.9 Å². The third-order valence-corrected chi connectivity index (χ3v) is 2.94. The Bertz CT molecular complexity index is 506. The SMILES string of the molecule is CCN(Cc1ncnn1CC)c1cccc(N)c1. The van der Waals surface area contributed by atoms with Crippen LogP contribution in [0.4, 0.5) is 11.4 Å². The van der Waals surface area contributed by atoms with Gasteiger partial charge in [-0.15, -0.1) is 0 Å². The van der Waals surface area contributed by atoms with Crippen LogP contribution in [-0.4, -0.2) is 21.3 Å². The van der Waals surface area contributed by atoms with Crippen molar-refractivity contribution >= 4 is 11.4 Å². The van der Waals surface area contributed by atoms with Gasteiger partial charge < -0.3 is 10.6 Å². The van der Waals surface area contributed by atoms with Crippen LogP contribution >= 0.6 is 0 Å². The molecule has 2 aromatic rings. The first-order valence-corrected chi connectivity index (χ1v) is 6.21. The van der Waals surface area contributed by atoms with Crippen molar-refractivity contribution in [2.75, 3.05) is 17.2 Å². The van der Waals surface area contributed by atoms with E-state index in [1.807, 2.05) is 22.9 Å². The van der Waals surface area contributed by atoms with Gasteiger partial charge >= 0.3 is 0 Å². The van der Waals surface area contributed by atoms with Gasteiger partial charge in [-0.25, -0.2) is 9.67 Å². The van der Waals surface area contributed by atoms with E-state index in [0.717, 1.165) is 36.8 Å². The predicted octanol–water partition coefficient (Wildman–Crippen LogP) is 1.91. The second-order valence-electron chi connectivity index (χ2n) is 4.10. The highest BCUT2D eigenvalue weighted by Crippen LogP contribution is 2.19. The normalized spacial score (nSPS) is 10.6. The lowest BCUT2D eigenvalue weighted by Crippen LogP contribution is -2.24. The topological polar surface area (TPSA) is 60.0 Å². The number of nitrogen functional groups attached to an aromatic ring is 1. The van der Waals surface area contributed by atoms with Crippen molar-refractivity contribution in [2.45, 2.75) is 26.9 Å². The number of hydrogen-bond donors (Lipinski definition) is 1. The summed E-state index contributed by atoms with van der Waals surface area (Å²) in [4.78, 5) is 6.53. The number of anilines is 2. The molecule has 0 aliphatic rings. The van der Waals surface area contributed by atoms with Crippen molar-refractivity contribution in [1.82, 2.24) is 14.8 Å². The number of hydrogen-bond acceptors (Lipinski definition) is 4. The number of aromatic nitrogens is 3. The van der Waals surface area contributed by atoms with Crippen LogP contribution < -0.4 is 10.6 Å². The lowest BCUT2D eigenvalue weighted by atomic mass is 10.2. The second-order valence-corrected chi connectivity index (χ2v) is 4.10. The van der Waals surface area contributed by atoms with Gasteiger partial charge in [0.15, 0.2) is 0 Å². The molecule has 0 spiro atoms. The van der Waals surface area contributed by atoms with Gasteiger partial charge in [0.25, 0.3) is 0 Å². The Labute approximate surface area is 107 Å². The monoisotopic (exact) mass is 245 g/mol. The fraction of sp³-hybridized carbons (Fsp3) is 0.385. The molecule has 0 aliphatic carbocycles. The van der Waals surface area contributed by atoms with E-state index in [0.29, 0.717) is 0 Å². The number of aryl methyl sites for hydroxylation is 1. The van der Waals surface area contributed by atoms with E-state index in [1.54, 1.807) is 6.33 Å². The van der Waals surface area contributed by atoms with Crippen molar-refractivity contribution in [2.24, 2.45) is 0 Å². The number of nitrogens with two attached hydrogens (primary N) is 1. The van der Waals surface area contributed by atoms with E-state index >= 15 is 0 Å². The Morgan fingerprint density at radius 3 is 2.83 bits per heavy atom. The fourth-order valence-corrected chi connectivity index (χ4v) is 1.95. The first-order chi connectivity index (χ1) is 8.74. The molecule has 0 atom stereocenters. The largest absolute Gasteiger partial charge is 0.399 e. The molecular weight excluding hydrogens is 226 g/mol. The molecule has 2 rings (SSSR count). The number of rotatable bonds is 5. The molecule has 2 N–H and O–H groups in total. The smallest absolute Gasteiger partial charge is 0.146 e. The molecule has 18 heavy (non-hydrogen) atoms. The minimum Gasteiger partial charge on any atom is -0.399 e. The third kappa shape index (κ3) is 2.61. The van der Waals surface area contributed by atoms with Gasteiger partial charge in [-0.2, -0.15) is 5.10 Å². The average Bonchev–Trinajstić information content (AvgIpc) is 2.83. The molecule has 0 saturated heterocycles. The summed E-state index contributed by atoms with van der Waals surface area (Å²) >= 11 is 0. The average molecular weight is 245 g/mol. The fourth-order valence-electron chi connectivity index (χ4n) is 1.95. The van der Waals surface area contributed by atoms with Crippen LogP contribution in [0.2, 0.25) is 0 Å². The molecule has 0 radical (unpaired) electrons. The highest BCUT2D eigenvalue weighted by atomic mass is 15.3. The molecule has 0 fully saturated rings. The molecule has 5 heteroatoms. The molecule has 0 bridgehead atoms. The predicted molar refractivity (Wildman–Crippen MR) is 73.3 cm³/mol. The lowest BCUT2D eigenvalue weighted by Gasteiger charge is -2.23. The molecule has 1 heterocycles. The van der Waals surface area contributed by atoms with Crippen LogP contribution in [0.5, 0.6) is 0 Å². The summed E-state index contributed by atoms with van der Waals surface area (Å²) in [6, 6.07) is 7.91. The third-order valence-electron chi connectivity index (χ3n) is 2.94. The van der Waals surface area contributed by atoms with Crippen molar-refractivity contribution < 1.29 is 0 Å². The maximum atomic E-state index is 5.82. The minimum absolute atomic E-state index is 0.744. The van der Waals surface area contributed by atoms with E-state index in [1.165, 1.54) is 0 Å². The molecule has 0 saturated carbocycles. The van der Waals surface area contributed by atoms with Crippen LogP contribution in [-0.2, 0) is 13.1 Å². The van der Waals surface area contributed by atoms with Crippen LogP contribution in [0.15, 0.2) is 30.6 Å². The lowest BCUT2D eigenvalue weighted by molar-refractivity contribution is 0.604. The van der Waals surface area contributed by atoms with Gasteiger partial charge in [-0.3, -0.25) is 0 Å². The van der Waals surface area contributed by atoms with E-state index < -0.39 is 0 Å². The molecule has 5 nitrogen and oxygen atoms in total. The maximum Gasteiger partial charge on any atom is 0.146 e. The quantitative estimate of drug-likeness (QED) is 0.817. The summed E-state index contributed by atoms with van der Waals surface area (Å²) in [6.07, 6.45) is 1.60. The number of benzene rings is 1. The van der Waals surface area contributed by atoms with Gasteiger partial charge in [0.05, 0.1) is 6.54 Å². The van der Waals surface area contributed by atoms with Gasteiger partial charge in [0.1, 0.15) is 12.2 Å². The van der Waals surface area contributed by atoms with Crippen molar-refractivity contribution in [3.63, 3.8) is 0 Å². The van der Waals surface area contributed by atoms with Crippen LogP contribution in [0.25, 0.3) is 0 Å². The van der Waals surface area contributed by atoms with Crippen LogP contribution in [0.1, 0.15) is 19.7 Å². The van der Waals surface area contributed by atoms with Gasteiger partial charge in [0, 0.05) is 24.5 Å². The first kappa shape index (κ1) is 12.4. The Morgan fingerprint density at radius 2 is 2.17 bits per heavy atom. The summed E-state index contributed by atoms with van der Waals surface area (Å²) in [7, 11) is 0. The highest BCUT2D eigenvalue weighted by molar-refractivity contribution is 5.55. The van der Waals surface area contributed by atoms with E-state index in [4.69, 9.17) is 5.73 Å². The molecule has 1 aromatic heterocycles. The molecule has 0 aliphatic heterocycles. The van der Waals surface area contributed by atoms with Crippen LogP contribution in [0.3, 0.4) is 0 Å². The van der Waals surface area contributed by atoms with E-state index in [9.17, 15) is 0 Å². The Kier molecular flexibility index (Phi) is 3.82.